The molecule has 4 heteroatoms. The van der Waals surface area contributed by atoms with Crippen LogP contribution in [0.3, 0.4) is 0 Å². The molecular formula is C15H17N3O. The average molecular weight is 255 g/mol. The maximum atomic E-state index is 11.1. The van der Waals surface area contributed by atoms with Crippen molar-refractivity contribution in [2.75, 3.05) is 5.32 Å². The lowest BCUT2D eigenvalue weighted by molar-refractivity contribution is -0.117. The number of primary amides is 1. The number of amides is 1. The van der Waals surface area contributed by atoms with Gasteiger partial charge in [-0.1, -0.05) is 24.3 Å². The van der Waals surface area contributed by atoms with Crippen LogP contribution in [0.2, 0.25) is 0 Å². The Morgan fingerprint density at radius 3 is 2.79 bits per heavy atom. The molecule has 1 amide bonds. The van der Waals surface area contributed by atoms with Crippen LogP contribution >= 0.6 is 0 Å². The van der Waals surface area contributed by atoms with E-state index < -0.39 is 0 Å². The molecule has 0 saturated carbocycles. The van der Waals surface area contributed by atoms with E-state index in [0.717, 1.165) is 16.8 Å². The summed E-state index contributed by atoms with van der Waals surface area (Å²) in [6.07, 6.45) is 3.81. The van der Waals surface area contributed by atoms with Crippen LogP contribution in [0.25, 0.3) is 0 Å². The molecule has 1 atom stereocenters. The molecule has 2 aromatic rings. The van der Waals surface area contributed by atoms with Gasteiger partial charge < -0.3 is 11.1 Å². The van der Waals surface area contributed by atoms with Crippen LogP contribution in [0.4, 0.5) is 5.69 Å². The molecule has 98 valence electrons. The van der Waals surface area contributed by atoms with Crippen molar-refractivity contribution in [3.8, 4) is 0 Å². The van der Waals surface area contributed by atoms with Gasteiger partial charge in [0, 0.05) is 18.1 Å². The van der Waals surface area contributed by atoms with Crippen molar-refractivity contribution < 1.29 is 4.79 Å². The fourth-order valence-electron chi connectivity index (χ4n) is 1.95. The number of rotatable bonds is 5. The summed E-state index contributed by atoms with van der Waals surface area (Å²) in [5, 5.41) is 3.38. The third-order valence-corrected chi connectivity index (χ3v) is 2.94. The number of nitrogens with one attached hydrogen (secondary N) is 1. The van der Waals surface area contributed by atoms with Crippen molar-refractivity contribution >= 4 is 11.6 Å². The van der Waals surface area contributed by atoms with E-state index in [4.69, 9.17) is 5.73 Å². The number of carbonyl (C=O) groups excluding carboxylic acids is 1. The number of hydrogen-bond donors (Lipinski definition) is 2. The molecular weight excluding hydrogens is 238 g/mol. The fourth-order valence-corrected chi connectivity index (χ4v) is 1.95. The monoisotopic (exact) mass is 255 g/mol. The topological polar surface area (TPSA) is 68.0 Å². The molecule has 0 spiro atoms. The number of aromatic nitrogens is 1. The Morgan fingerprint density at radius 2 is 2.11 bits per heavy atom. The molecule has 1 aromatic carbocycles. The Bertz CT molecular complexity index is 554. The van der Waals surface area contributed by atoms with Crippen molar-refractivity contribution in [1.82, 2.24) is 4.98 Å². The lowest BCUT2D eigenvalue weighted by Gasteiger charge is -2.17. The van der Waals surface area contributed by atoms with E-state index in [1.54, 1.807) is 6.20 Å². The first kappa shape index (κ1) is 13.1. The Kier molecular flexibility index (Phi) is 4.13. The molecule has 2 rings (SSSR count). The molecule has 19 heavy (non-hydrogen) atoms. The summed E-state index contributed by atoms with van der Waals surface area (Å²) >= 11 is 0. The van der Waals surface area contributed by atoms with Gasteiger partial charge in [-0.2, -0.15) is 0 Å². The van der Waals surface area contributed by atoms with E-state index in [-0.39, 0.29) is 18.4 Å². The SMILES string of the molecule is CC(Nc1ccccc1CC(N)=O)c1cccnc1. The van der Waals surface area contributed by atoms with Crippen LogP contribution in [0.15, 0.2) is 48.8 Å². The second kappa shape index (κ2) is 6.00. The number of pyridine rings is 1. The van der Waals surface area contributed by atoms with Gasteiger partial charge in [0.05, 0.1) is 12.5 Å². The first-order valence-electron chi connectivity index (χ1n) is 6.19. The second-order valence-electron chi connectivity index (χ2n) is 4.45. The van der Waals surface area contributed by atoms with Gasteiger partial charge in [0.25, 0.3) is 0 Å². The van der Waals surface area contributed by atoms with Crippen molar-refractivity contribution in [2.24, 2.45) is 5.73 Å². The van der Waals surface area contributed by atoms with Gasteiger partial charge >= 0.3 is 0 Å². The Labute approximate surface area is 112 Å². The highest BCUT2D eigenvalue weighted by Gasteiger charge is 2.09. The van der Waals surface area contributed by atoms with E-state index >= 15 is 0 Å². The third-order valence-electron chi connectivity index (χ3n) is 2.94. The van der Waals surface area contributed by atoms with Crippen molar-refractivity contribution in [1.29, 1.82) is 0 Å². The smallest absolute Gasteiger partial charge is 0.221 e. The van der Waals surface area contributed by atoms with E-state index in [2.05, 4.69) is 17.2 Å². The highest BCUT2D eigenvalue weighted by Crippen LogP contribution is 2.22. The summed E-state index contributed by atoms with van der Waals surface area (Å²) in [7, 11) is 0. The van der Waals surface area contributed by atoms with Gasteiger partial charge in [0.15, 0.2) is 0 Å². The summed E-state index contributed by atoms with van der Waals surface area (Å²) < 4.78 is 0. The van der Waals surface area contributed by atoms with Crippen molar-refractivity contribution in [3.63, 3.8) is 0 Å². The molecule has 0 fully saturated rings. The second-order valence-corrected chi connectivity index (χ2v) is 4.45. The van der Waals surface area contributed by atoms with Gasteiger partial charge in [0.1, 0.15) is 0 Å². The minimum absolute atomic E-state index is 0.114. The standard InChI is InChI=1S/C15H17N3O/c1-11(13-6-4-8-17-10-13)18-14-7-3-2-5-12(14)9-15(16)19/h2-8,10-11,18H,9H2,1H3,(H2,16,19). The van der Waals surface area contributed by atoms with Crippen LogP contribution in [-0.4, -0.2) is 10.9 Å². The quantitative estimate of drug-likeness (QED) is 0.861. The van der Waals surface area contributed by atoms with E-state index in [0.29, 0.717) is 0 Å². The number of nitrogens with two attached hydrogens (primary N) is 1. The molecule has 3 N–H and O–H groups in total. The highest BCUT2D eigenvalue weighted by molar-refractivity contribution is 5.78. The molecule has 1 heterocycles. The van der Waals surface area contributed by atoms with Crippen molar-refractivity contribution in [3.05, 3.63) is 59.9 Å². The average Bonchev–Trinajstić information content (AvgIpc) is 2.41. The van der Waals surface area contributed by atoms with Gasteiger partial charge in [-0.15, -0.1) is 0 Å². The summed E-state index contributed by atoms with van der Waals surface area (Å²) in [6.45, 7) is 2.05. The van der Waals surface area contributed by atoms with Crippen LogP contribution in [0.5, 0.6) is 0 Å². The minimum atomic E-state index is -0.330. The summed E-state index contributed by atoms with van der Waals surface area (Å²) in [5.41, 5.74) is 8.19. The number of nitrogens with zero attached hydrogens (tertiary/aromatic N) is 1. The Morgan fingerprint density at radius 1 is 1.32 bits per heavy atom. The van der Waals surface area contributed by atoms with E-state index in [1.807, 2.05) is 42.6 Å². The van der Waals surface area contributed by atoms with E-state index in [1.165, 1.54) is 0 Å². The van der Waals surface area contributed by atoms with Crippen LogP contribution in [-0.2, 0) is 11.2 Å². The van der Waals surface area contributed by atoms with Crippen LogP contribution < -0.4 is 11.1 Å². The van der Waals surface area contributed by atoms with Crippen LogP contribution in [0, 0.1) is 0 Å². The highest BCUT2D eigenvalue weighted by atomic mass is 16.1. The number of anilines is 1. The summed E-state index contributed by atoms with van der Waals surface area (Å²) in [6, 6.07) is 11.7. The predicted molar refractivity (Wildman–Crippen MR) is 75.6 cm³/mol. The summed E-state index contributed by atoms with van der Waals surface area (Å²) in [5.74, 6) is -0.330. The molecule has 0 bridgehead atoms. The molecule has 0 aliphatic rings. The van der Waals surface area contributed by atoms with Crippen molar-refractivity contribution in [2.45, 2.75) is 19.4 Å². The summed E-state index contributed by atoms with van der Waals surface area (Å²) in [4.78, 5) is 15.2. The van der Waals surface area contributed by atoms with Gasteiger partial charge in [-0.05, 0) is 30.2 Å². The number of carbonyl (C=O) groups is 1. The van der Waals surface area contributed by atoms with Gasteiger partial charge in [-0.25, -0.2) is 0 Å². The first-order valence-corrected chi connectivity index (χ1v) is 6.19. The molecule has 0 aliphatic carbocycles. The third kappa shape index (κ3) is 3.55. The van der Waals surface area contributed by atoms with Gasteiger partial charge in [-0.3, -0.25) is 9.78 Å². The lowest BCUT2D eigenvalue weighted by Crippen LogP contribution is -2.16. The maximum Gasteiger partial charge on any atom is 0.221 e. The largest absolute Gasteiger partial charge is 0.378 e. The van der Waals surface area contributed by atoms with Gasteiger partial charge in [0.2, 0.25) is 5.91 Å². The first-order chi connectivity index (χ1) is 9.16. The zero-order chi connectivity index (χ0) is 13.7. The molecule has 4 nitrogen and oxygen atoms in total. The fraction of sp³-hybridized carbons (Fsp3) is 0.200. The van der Waals surface area contributed by atoms with E-state index in [9.17, 15) is 4.79 Å². The number of para-hydroxylation sites is 1. The Hall–Kier alpha value is -2.36. The molecule has 1 aromatic heterocycles. The number of hydrogen-bond acceptors (Lipinski definition) is 3. The lowest BCUT2D eigenvalue weighted by atomic mass is 10.1. The zero-order valence-electron chi connectivity index (χ0n) is 10.8. The minimum Gasteiger partial charge on any atom is -0.378 e. The molecule has 0 radical (unpaired) electrons. The molecule has 0 saturated heterocycles. The maximum absolute atomic E-state index is 11.1. The Balaban J connectivity index is 2.17. The van der Waals surface area contributed by atoms with Crippen LogP contribution in [0.1, 0.15) is 24.1 Å². The predicted octanol–water partition coefficient (Wildman–Crippen LogP) is 2.28. The normalized spacial score (nSPS) is 11.8. The number of benzene rings is 1. The zero-order valence-corrected chi connectivity index (χ0v) is 10.8. The molecule has 0 aliphatic heterocycles. The molecule has 1 unspecified atom stereocenters.